The summed E-state index contributed by atoms with van der Waals surface area (Å²) in [5, 5.41) is 10.2. The molecule has 2 aromatic heterocycles. The fourth-order valence-electron chi connectivity index (χ4n) is 4.39. The molecule has 0 bridgehead atoms. The molecule has 1 aliphatic heterocycles. The summed E-state index contributed by atoms with van der Waals surface area (Å²) in [5.74, 6) is 1.73. The van der Waals surface area contributed by atoms with Gasteiger partial charge in [0.05, 0.1) is 5.52 Å². The van der Waals surface area contributed by atoms with Gasteiger partial charge < -0.3 is 4.90 Å². The number of aromatic nitrogens is 4. The van der Waals surface area contributed by atoms with Crippen LogP contribution in [0.3, 0.4) is 0 Å². The zero-order valence-corrected chi connectivity index (χ0v) is 16.8. The van der Waals surface area contributed by atoms with Crippen molar-refractivity contribution >= 4 is 22.5 Å². The lowest BCUT2D eigenvalue weighted by Gasteiger charge is -2.30. The summed E-state index contributed by atoms with van der Waals surface area (Å²) in [6, 6.07) is 25.3. The first-order chi connectivity index (χ1) is 14.8. The van der Waals surface area contributed by atoms with E-state index in [0.717, 1.165) is 53.4 Å². The number of fused-ring (bicyclic) bond motifs is 4. The van der Waals surface area contributed by atoms with Crippen molar-refractivity contribution < 1.29 is 0 Å². The fourth-order valence-corrected chi connectivity index (χ4v) is 4.39. The molecule has 0 N–H and O–H groups in total. The Bertz CT molecular complexity index is 1390. The van der Waals surface area contributed by atoms with Gasteiger partial charge in [-0.1, -0.05) is 66.2 Å². The standard InChI is InChI=1S/C25H21N5/c1-17-11-12-22-21(15-17)24-28-27-23(19-8-3-2-4-9-19)30(24)25(26-22)29-14-13-18-7-5-6-10-20(18)16-29/h2-12,15H,13-14,16H2,1H3. The van der Waals surface area contributed by atoms with Gasteiger partial charge in [0.15, 0.2) is 11.5 Å². The van der Waals surface area contributed by atoms with Crippen molar-refractivity contribution in [3.05, 3.63) is 89.5 Å². The van der Waals surface area contributed by atoms with Crippen LogP contribution in [0.25, 0.3) is 27.9 Å². The van der Waals surface area contributed by atoms with Crippen LogP contribution in [-0.2, 0) is 13.0 Å². The van der Waals surface area contributed by atoms with Gasteiger partial charge in [-0.2, -0.15) is 0 Å². The minimum absolute atomic E-state index is 0.829. The Kier molecular flexibility index (Phi) is 3.81. The van der Waals surface area contributed by atoms with E-state index in [1.807, 2.05) is 18.2 Å². The number of hydrogen-bond acceptors (Lipinski definition) is 4. The first-order valence-corrected chi connectivity index (χ1v) is 10.3. The Balaban J connectivity index is 1.62. The minimum atomic E-state index is 0.829. The third-order valence-corrected chi connectivity index (χ3v) is 5.92. The van der Waals surface area contributed by atoms with Crippen LogP contribution in [0, 0.1) is 6.92 Å². The number of rotatable bonds is 2. The summed E-state index contributed by atoms with van der Waals surface area (Å²) in [5.41, 5.74) is 6.82. The summed E-state index contributed by atoms with van der Waals surface area (Å²) >= 11 is 0. The molecule has 5 heteroatoms. The lowest BCUT2D eigenvalue weighted by atomic mass is 10.0. The van der Waals surface area contributed by atoms with E-state index in [1.165, 1.54) is 16.7 Å². The molecule has 5 nitrogen and oxygen atoms in total. The molecular formula is C25H21N5. The van der Waals surface area contributed by atoms with E-state index < -0.39 is 0 Å². The van der Waals surface area contributed by atoms with Crippen LogP contribution in [0.2, 0.25) is 0 Å². The topological polar surface area (TPSA) is 46.3 Å². The molecule has 0 amide bonds. The number of anilines is 1. The van der Waals surface area contributed by atoms with Crippen LogP contribution in [0.5, 0.6) is 0 Å². The van der Waals surface area contributed by atoms with Gasteiger partial charge in [0, 0.05) is 24.0 Å². The number of hydrogen-bond donors (Lipinski definition) is 0. The average molecular weight is 391 g/mol. The Hall–Kier alpha value is -3.73. The van der Waals surface area contributed by atoms with Crippen molar-refractivity contribution in [1.29, 1.82) is 0 Å². The summed E-state index contributed by atoms with van der Waals surface area (Å²) in [6.07, 6.45) is 1.01. The van der Waals surface area contributed by atoms with Gasteiger partial charge in [0.25, 0.3) is 0 Å². The van der Waals surface area contributed by atoms with Crippen molar-refractivity contribution in [3.8, 4) is 11.4 Å². The second-order valence-electron chi connectivity index (χ2n) is 7.92. The van der Waals surface area contributed by atoms with Gasteiger partial charge in [-0.05, 0) is 36.6 Å². The van der Waals surface area contributed by atoms with Gasteiger partial charge in [0.2, 0.25) is 5.95 Å². The number of nitrogens with zero attached hydrogens (tertiary/aromatic N) is 5. The minimum Gasteiger partial charge on any atom is -0.337 e. The number of benzene rings is 3. The second-order valence-corrected chi connectivity index (χ2v) is 7.92. The van der Waals surface area contributed by atoms with E-state index >= 15 is 0 Å². The zero-order chi connectivity index (χ0) is 20.1. The fraction of sp³-hybridized carbons (Fsp3) is 0.160. The normalized spacial score (nSPS) is 13.7. The molecule has 0 saturated carbocycles. The molecular weight excluding hydrogens is 370 g/mol. The molecule has 0 saturated heterocycles. The van der Waals surface area contributed by atoms with Crippen molar-refractivity contribution in [2.24, 2.45) is 0 Å². The largest absolute Gasteiger partial charge is 0.337 e. The maximum Gasteiger partial charge on any atom is 0.214 e. The lowest BCUT2D eigenvalue weighted by molar-refractivity contribution is 0.704. The van der Waals surface area contributed by atoms with Crippen molar-refractivity contribution in [2.75, 3.05) is 11.4 Å². The van der Waals surface area contributed by atoms with Gasteiger partial charge in [0.1, 0.15) is 0 Å². The third-order valence-electron chi connectivity index (χ3n) is 5.92. The van der Waals surface area contributed by atoms with Crippen LogP contribution in [-0.4, -0.2) is 26.1 Å². The SMILES string of the molecule is Cc1ccc2nc(N3CCc4ccccc4C3)n3c(-c4ccccc4)nnc3c2c1. The van der Waals surface area contributed by atoms with Crippen molar-refractivity contribution in [1.82, 2.24) is 19.6 Å². The average Bonchev–Trinajstić information content (AvgIpc) is 3.24. The van der Waals surface area contributed by atoms with Crippen LogP contribution < -0.4 is 4.90 Å². The van der Waals surface area contributed by atoms with Gasteiger partial charge >= 0.3 is 0 Å². The molecule has 3 aromatic carbocycles. The summed E-state index contributed by atoms with van der Waals surface area (Å²) in [7, 11) is 0. The van der Waals surface area contributed by atoms with E-state index in [-0.39, 0.29) is 0 Å². The van der Waals surface area contributed by atoms with Crippen LogP contribution in [0.1, 0.15) is 16.7 Å². The van der Waals surface area contributed by atoms with Crippen molar-refractivity contribution in [2.45, 2.75) is 19.9 Å². The molecule has 146 valence electrons. The third kappa shape index (κ3) is 2.66. The molecule has 30 heavy (non-hydrogen) atoms. The quantitative estimate of drug-likeness (QED) is 0.433. The van der Waals surface area contributed by atoms with Gasteiger partial charge in [-0.25, -0.2) is 9.38 Å². The summed E-state index contributed by atoms with van der Waals surface area (Å²) in [4.78, 5) is 7.46. The van der Waals surface area contributed by atoms with Crippen LogP contribution in [0.15, 0.2) is 72.8 Å². The van der Waals surface area contributed by atoms with E-state index in [9.17, 15) is 0 Å². The Morgan fingerprint density at radius 1 is 0.833 bits per heavy atom. The molecule has 0 radical (unpaired) electrons. The molecule has 3 heterocycles. The zero-order valence-electron chi connectivity index (χ0n) is 16.8. The molecule has 6 rings (SSSR count). The molecule has 0 atom stereocenters. The van der Waals surface area contributed by atoms with Crippen LogP contribution >= 0.6 is 0 Å². The predicted molar refractivity (Wildman–Crippen MR) is 120 cm³/mol. The maximum atomic E-state index is 5.11. The molecule has 0 aliphatic carbocycles. The Morgan fingerprint density at radius 3 is 2.50 bits per heavy atom. The highest BCUT2D eigenvalue weighted by molar-refractivity contribution is 5.94. The summed E-state index contributed by atoms with van der Waals surface area (Å²) in [6.45, 7) is 3.85. The van der Waals surface area contributed by atoms with E-state index in [2.05, 4.69) is 81.0 Å². The molecule has 0 fully saturated rings. The van der Waals surface area contributed by atoms with Gasteiger partial charge in [-0.15, -0.1) is 10.2 Å². The summed E-state index contributed by atoms with van der Waals surface area (Å²) < 4.78 is 2.13. The molecule has 0 unspecified atom stereocenters. The monoisotopic (exact) mass is 391 g/mol. The highest BCUT2D eigenvalue weighted by atomic mass is 15.4. The molecule has 5 aromatic rings. The first-order valence-electron chi connectivity index (χ1n) is 10.3. The first kappa shape index (κ1) is 17.2. The lowest BCUT2D eigenvalue weighted by Crippen LogP contribution is -2.32. The predicted octanol–water partition coefficient (Wildman–Crippen LogP) is 4.82. The van der Waals surface area contributed by atoms with Crippen molar-refractivity contribution in [3.63, 3.8) is 0 Å². The van der Waals surface area contributed by atoms with E-state index in [1.54, 1.807) is 0 Å². The van der Waals surface area contributed by atoms with E-state index in [4.69, 9.17) is 4.98 Å². The molecule has 1 aliphatic rings. The smallest absolute Gasteiger partial charge is 0.214 e. The highest BCUT2D eigenvalue weighted by Crippen LogP contribution is 2.31. The van der Waals surface area contributed by atoms with E-state index in [0.29, 0.717) is 0 Å². The van der Waals surface area contributed by atoms with Gasteiger partial charge in [-0.3, -0.25) is 0 Å². The Labute approximate surface area is 174 Å². The Morgan fingerprint density at radius 2 is 1.63 bits per heavy atom. The highest BCUT2D eigenvalue weighted by Gasteiger charge is 2.23. The maximum absolute atomic E-state index is 5.11. The molecule has 0 spiro atoms. The van der Waals surface area contributed by atoms with Crippen LogP contribution in [0.4, 0.5) is 5.95 Å². The second kappa shape index (κ2) is 6.66. The number of aryl methyl sites for hydroxylation is 1.